The first-order valence-corrected chi connectivity index (χ1v) is 16.3. The Kier molecular flexibility index (Phi) is 8.06. The van der Waals surface area contributed by atoms with E-state index < -0.39 is 13.7 Å². The minimum atomic E-state index is -2.04. The van der Waals surface area contributed by atoms with Crippen molar-refractivity contribution in [3.8, 4) is 17.3 Å². The van der Waals surface area contributed by atoms with E-state index in [0.717, 1.165) is 34.5 Å². The summed E-state index contributed by atoms with van der Waals surface area (Å²) < 4.78 is 8.48. The number of aromatic nitrogens is 4. The van der Waals surface area contributed by atoms with Crippen LogP contribution in [0.25, 0.3) is 11.3 Å². The number of benzene rings is 1. The van der Waals surface area contributed by atoms with Crippen LogP contribution in [0, 0.1) is 18.3 Å². The third-order valence-electron chi connectivity index (χ3n) is 7.88. The Morgan fingerprint density at radius 1 is 1.32 bits per heavy atom. The van der Waals surface area contributed by atoms with Crippen molar-refractivity contribution in [3.63, 3.8) is 0 Å². The molecule has 1 aromatic carbocycles. The summed E-state index contributed by atoms with van der Waals surface area (Å²) in [4.78, 5) is 22.6. The fourth-order valence-corrected chi connectivity index (χ4v) is 5.77. The van der Waals surface area contributed by atoms with Gasteiger partial charge in [0.1, 0.15) is 18.1 Å². The zero-order chi connectivity index (χ0) is 29.3. The van der Waals surface area contributed by atoms with Crippen molar-refractivity contribution in [2.24, 2.45) is 0 Å². The number of hydrogen-bond donors (Lipinski definition) is 1. The van der Waals surface area contributed by atoms with Crippen LogP contribution in [0.2, 0.25) is 18.1 Å². The highest BCUT2D eigenvalue weighted by molar-refractivity contribution is 6.74. The molecule has 0 saturated heterocycles. The zero-order valence-corrected chi connectivity index (χ0v) is 25.4. The second kappa shape index (κ2) is 11.0. The van der Waals surface area contributed by atoms with Crippen LogP contribution in [0.5, 0.6) is 0 Å². The van der Waals surface area contributed by atoms with E-state index in [4.69, 9.17) is 9.41 Å². The predicted molar refractivity (Wildman–Crippen MR) is 163 cm³/mol. The number of carbonyl (C=O) groups excluding carboxylic acids is 1. The average molecular weight is 555 g/mol. The molecule has 0 fully saturated rings. The lowest BCUT2D eigenvalue weighted by atomic mass is 9.83. The molecule has 3 aromatic rings. The van der Waals surface area contributed by atoms with Gasteiger partial charge in [0.05, 0.1) is 23.5 Å². The van der Waals surface area contributed by atoms with Gasteiger partial charge in [-0.1, -0.05) is 33.8 Å². The first kappa shape index (κ1) is 29.2. The minimum Gasteiger partial charge on any atom is -0.416 e. The number of nitrogens with zero attached hydrogens (tertiary/aromatic N) is 6. The molecule has 1 aliphatic heterocycles. The van der Waals surface area contributed by atoms with Crippen LogP contribution in [-0.4, -0.2) is 54.8 Å². The van der Waals surface area contributed by atoms with Crippen LogP contribution in [0.15, 0.2) is 43.1 Å². The van der Waals surface area contributed by atoms with Crippen LogP contribution >= 0.6 is 0 Å². The number of nitrogens with one attached hydrogen (secondary N) is 1. The highest BCUT2D eigenvalue weighted by Crippen LogP contribution is 2.46. The maximum absolute atomic E-state index is 11.5. The molecule has 0 aliphatic carbocycles. The normalized spacial score (nSPS) is 16.8. The lowest BCUT2D eigenvalue weighted by Gasteiger charge is -2.39. The van der Waals surface area contributed by atoms with Gasteiger partial charge in [0.25, 0.3) is 0 Å². The molecular weight excluding hydrogens is 517 g/mol. The Hall–Kier alpha value is -3.75. The molecule has 2 aromatic heterocycles. The van der Waals surface area contributed by atoms with E-state index in [1.807, 2.05) is 29.9 Å². The number of allylic oxidation sites excluding steroid dienone is 1. The number of aryl methyl sites for hydroxylation is 1. The van der Waals surface area contributed by atoms with Crippen LogP contribution in [0.1, 0.15) is 44.5 Å². The van der Waals surface area contributed by atoms with Crippen molar-refractivity contribution in [3.05, 3.63) is 59.9 Å². The second-order valence-electron chi connectivity index (χ2n) is 12.1. The number of fused-ring (bicyclic) bond motifs is 1. The highest BCUT2D eigenvalue weighted by atomic mass is 28.4. The maximum atomic E-state index is 11.5. The summed E-state index contributed by atoms with van der Waals surface area (Å²) in [5.41, 5.74) is 4.09. The summed E-state index contributed by atoms with van der Waals surface area (Å²) in [7, 11) is -0.542. The van der Waals surface area contributed by atoms with Crippen molar-refractivity contribution < 1.29 is 9.22 Å². The molecule has 1 aliphatic rings. The highest BCUT2D eigenvalue weighted by Gasteiger charge is 2.44. The molecule has 3 heterocycles. The maximum Gasteiger partial charge on any atom is 0.329 e. The number of rotatable bonds is 10. The van der Waals surface area contributed by atoms with E-state index >= 15 is 0 Å². The van der Waals surface area contributed by atoms with Gasteiger partial charge in [-0.3, -0.25) is 0 Å². The van der Waals surface area contributed by atoms with E-state index in [-0.39, 0.29) is 5.04 Å². The monoisotopic (exact) mass is 554 g/mol. The second-order valence-corrected chi connectivity index (χ2v) is 16.9. The van der Waals surface area contributed by atoms with Crippen LogP contribution in [0.3, 0.4) is 0 Å². The lowest BCUT2D eigenvalue weighted by Crippen LogP contribution is -2.46. The van der Waals surface area contributed by atoms with E-state index in [1.165, 1.54) is 7.41 Å². The Morgan fingerprint density at radius 2 is 2.08 bits per heavy atom. The molecule has 0 bridgehead atoms. The van der Waals surface area contributed by atoms with Crippen LogP contribution in [-0.2, 0) is 21.2 Å². The largest absolute Gasteiger partial charge is 0.416 e. The van der Waals surface area contributed by atoms with Gasteiger partial charge in [-0.2, -0.15) is 10.4 Å². The average Bonchev–Trinajstić information content (AvgIpc) is 3.38. The molecule has 207 valence electrons. The molecule has 0 spiro atoms. The standard InChI is InChI=1S/C29H37BN7O2Si/c1-9-12-37-25(13-20(2)35-37)34-27-32-11-10-24(33-27)21-14-22(16-31)26-23(15-21)29(6,17-36(26)30-19-38)18-39-40(7,8)28(3,4)5/h9-11,13-15,19H,1,12,17-18H2,2-8H3,(H,32,33,34)/t29-/m1/s1. The Morgan fingerprint density at radius 3 is 2.73 bits per heavy atom. The molecule has 4 rings (SSSR count). The predicted octanol–water partition coefficient (Wildman–Crippen LogP) is 5.36. The first-order chi connectivity index (χ1) is 18.8. The Labute approximate surface area is 238 Å². The Balaban J connectivity index is 1.75. The molecule has 1 N–H and O–H groups in total. The van der Waals surface area contributed by atoms with E-state index in [9.17, 15) is 10.1 Å². The summed E-state index contributed by atoms with van der Waals surface area (Å²) >= 11 is 0. The molecule has 0 amide bonds. The van der Waals surface area contributed by atoms with Gasteiger partial charge in [0.2, 0.25) is 5.95 Å². The molecule has 0 saturated carbocycles. The zero-order valence-electron chi connectivity index (χ0n) is 24.4. The molecule has 9 nitrogen and oxygen atoms in total. The SMILES string of the molecule is C=CCn1nc(C)cc1Nc1nccc(-c2cc(C#N)c3c(c2)[C@@](C)(CO[Si](C)(C)C(C)(C)C)CN3[B]C=O)n1. The van der Waals surface area contributed by atoms with Gasteiger partial charge in [-0.15, -0.1) is 6.58 Å². The smallest absolute Gasteiger partial charge is 0.329 e. The molecule has 0 unspecified atom stereocenters. The Bertz CT molecular complexity index is 1470. The van der Waals surface area contributed by atoms with Crippen molar-refractivity contribution >= 4 is 39.4 Å². The number of nitriles is 1. The minimum absolute atomic E-state index is 0.0585. The molecule has 40 heavy (non-hydrogen) atoms. The van der Waals surface area contributed by atoms with Crippen molar-refractivity contribution in [1.82, 2.24) is 19.7 Å². The van der Waals surface area contributed by atoms with Crippen molar-refractivity contribution in [1.29, 1.82) is 5.26 Å². The summed E-state index contributed by atoms with van der Waals surface area (Å²) in [5.74, 6) is 1.18. The van der Waals surface area contributed by atoms with Gasteiger partial charge in [-0.25, -0.2) is 14.6 Å². The van der Waals surface area contributed by atoms with Gasteiger partial charge >= 0.3 is 7.41 Å². The molecular formula is C29H37BN7O2Si. The number of hydrogen-bond acceptors (Lipinski definition) is 8. The summed E-state index contributed by atoms with van der Waals surface area (Å²) in [6, 6.07) is 10.00. The van der Waals surface area contributed by atoms with Gasteiger partial charge in [0, 0.05) is 42.1 Å². The topological polar surface area (TPSA) is 109 Å². The third kappa shape index (κ3) is 5.74. The summed E-state index contributed by atoms with van der Waals surface area (Å²) in [6.45, 7) is 20.6. The van der Waals surface area contributed by atoms with Crippen LogP contribution < -0.4 is 10.1 Å². The summed E-state index contributed by atoms with van der Waals surface area (Å²) in [5, 5.41) is 18.0. The van der Waals surface area contributed by atoms with Crippen LogP contribution in [0.4, 0.5) is 17.5 Å². The number of anilines is 3. The fourth-order valence-electron chi connectivity index (χ4n) is 4.66. The first-order valence-electron chi connectivity index (χ1n) is 13.4. The fraction of sp³-hybridized carbons (Fsp3) is 0.414. The van der Waals surface area contributed by atoms with E-state index in [2.05, 4.69) is 74.9 Å². The van der Waals surface area contributed by atoms with Gasteiger partial charge in [0.15, 0.2) is 8.32 Å². The molecule has 1 radical (unpaired) electrons. The van der Waals surface area contributed by atoms with Crippen molar-refractivity contribution in [2.45, 2.75) is 64.7 Å². The quantitative estimate of drug-likeness (QED) is 0.203. The molecule has 1 atom stereocenters. The van der Waals surface area contributed by atoms with E-state index in [0.29, 0.717) is 36.9 Å². The number of carbonyl (C=O) groups is 1. The van der Waals surface area contributed by atoms with Gasteiger partial charge < -0.3 is 19.3 Å². The third-order valence-corrected chi connectivity index (χ3v) is 12.4. The lowest BCUT2D eigenvalue weighted by molar-refractivity contribution is 0.219. The van der Waals surface area contributed by atoms with Gasteiger partial charge in [-0.05, 0) is 48.8 Å². The molecule has 11 heteroatoms. The summed E-state index contributed by atoms with van der Waals surface area (Å²) in [6.07, 6.45) is 4.23. The van der Waals surface area contributed by atoms with Crippen molar-refractivity contribution in [2.75, 3.05) is 23.3 Å². The van der Waals surface area contributed by atoms with E-state index in [1.54, 1.807) is 17.0 Å².